The molecule has 1 heterocycles. The van der Waals surface area contributed by atoms with Gasteiger partial charge in [-0.3, -0.25) is 9.69 Å². The van der Waals surface area contributed by atoms with E-state index in [1.165, 1.54) is 32.1 Å². The lowest BCUT2D eigenvalue weighted by molar-refractivity contribution is -0.135. The van der Waals surface area contributed by atoms with Crippen molar-refractivity contribution in [2.45, 2.75) is 38.1 Å². The van der Waals surface area contributed by atoms with Crippen LogP contribution in [0.4, 0.5) is 0 Å². The van der Waals surface area contributed by atoms with Gasteiger partial charge in [0.05, 0.1) is 7.11 Å². The molecule has 5 heteroatoms. The molecule has 0 unspecified atom stereocenters. The van der Waals surface area contributed by atoms with Crippen LogP contribution in [0.2, 0.25) is 0 Å². The summed E-state index contributed by atoms with van der Waals surface area (Å²) < 4.78 is 10.9. The van der Waals surface area contributed by atoms with Gasteiger partial charge in [0.2, 0.25) is 0 Å². The third-order valence-corrected chi connectivity index (χ3v) is 5.18. The normalized spacial score (nSPS) is 20.0. The molecule has 1 aromatic rings. The highest BCUT2D eigenvalue weighted by Crippen LogP contribution is 2.26. The molecule has 1 saturated heterocycles. The molecule has 0 spiro atoms. The molecule has 0 N–H and O–H groups in total. The number of carbonyl (C=O) groups excluding carboxylic acids is 1. The van der Waals surface area contributed by atoms with Crippen LogP contribution < -0.4 is 9.47 Å². The monoisotopic (exact) mass is 332 g/mol. The molecule has 1 aromatic carbocycles. The standard InChI is InChI=1S/C19H28N2O3/c1-23-17-9-5-6-10-18(17)24-15-19(22)21-13-11-20(12-14-21)16-7-3-2-4-8-16/h5-6,9-10,16H,2-4,7-8,11-15H2,1H3. The van der Waals surface area contributed by atoms with E-state index in [4.69, 9.17) is 9.47 Å². The van der Waals surface area contributed by atoms with Crippen molar-refractivity contribution < 1.29 is 14.3 Å². The third-order valence-electron chi connectivity index (χ3n) is 5.18. The molecule has 3 rings (SSSR count). The van der Waals surface area contributed by atoms with Crippen LogP contribution in [0, 0.1) is 0 Å². The number of para-hydroxylation sites is 2. The molecular weight excluding hydrogens is 304 g/mol. The summed E-state index contributed by atoms with van der Waals surface area (Å²) in [6.45, 7) is 3.68. The summed E-state index contributed by atoms with van der Waals surface area (Å²) >= 11 is 0. The van der Waals surface area contributed by atoms with E-state index in [0.29, 0.717) is 11.5 Å². The molecular formula is C19H28N2O3. The van der Waals surface area contributed by atoms with Gasteiger partial charge in [-0.15, -0.1) is 0 Å². The van der Waals surface area contributed by atoms with E-state index in [1.54, 1.807) is 7.11 Å². The van der Waals surface area contributed by atoms with E-state index >= 15 is 0 Å². The average molecular weight is 332 g/mol. The average Bonchev–Trinajstić information content (AvgIpc) is 2.67. The lowest BCUT2D eigenvalue weighted by Gasteiger charge is -2.40. The highest BCUT2D eigenvalue weighted by Gasteiger charge is 2.27. The van der Waals surface area contributed by atoms with Crippen molar-refractivity contribution in [3.63, 3.8) is 0 Å². The van der Waals surface area contributed by atoms with Gasteiger partial charge in [0, 0.05) is 32.2 Å². The zero-order valence-electron chi connectivity index (χ0n) is 14.6. The van der Waals surface area contributed by atoms with Gasteiger partial charge in [-0.05, 0) is 25.0 Å². The number of carbonyl (C=O) groups is 1. The van der Waals surface area contributed by atoms with Crippen molar-refractivity contribution in [3.05, 3.63) is 24.3 Å². The van der Waals surface area contributed by atoms with Gasteiger partial charge in [-0.1, -0.05) is 31.4 Å². The number of rotatable bonds is 5. The number of amides is 1. The number of hydrogen-bond acceptors (Lipinski definition) is 4. The number of benzene rings is 1. The summed E-state index contributed by atoms with van der Waals surface area (Å²) in [5.41, 5.74) is 0. The largest absolute Gasteiger partial charge is 0.493 e. The smallest absolute Gasteiger partial charge is 0.260 e. The van der Waals surface area contributed by atoms with Crippen LogP contribution in [-0.4, -0.2) is 61.6 Å². The van der Waals surface area contributed by atoms with E-state index in [0.717, 1.165) is 32.2 Å². The maximum atomic E-state index is 12.4. The first-order valence-corrected chi connectivity index (χ1v) is 9.05. The Hall–Kier alpha value is -1.75. The Kier molecular flexibility index (Phi) is 5.96. The molecule has 2 aliphatic rings. The van der Waals surface area contributed by atoms with Crippen LogP contribution in [0.1, 0.15) is 32.1 Å². The Morgan fingerprint density at radius 2 is 1.71 bits per heavy atom. The molecule has 1 saturated carbocycles. The number of hydrogen-bond donors (Lipinski definition) is 0. The van der Waals surface area contributed by atoms with Crippen LogP contribution >= 0.6 is 0 Å². The summed E-state index contributed by atoms with van der Waals surface area (Å²) in [7, 11) is 1.61. The Labute approximate surface area is 144 Å². The topological polar surface area (TPSA) is 42.0 Å². The van der Waals surface area contributed by atoms with E-state index < -0.39 is 0 Å². The lowest BCUT2D eigenvalue weighted by Crippen LogP contribution is -2.53. The minimum Gasteiger partial charge on any atom is -0.493 e. The second kappa shape index (κ2) is 8.38. The predicted octanol–water partition coefficient (Wildman–Crippen LogP) is 2.55. The summed E-state index contributed by atoms with van der Waals surface area (Å²) in [6, 6.07) is 8.17. The Bertz CT molecular complexity index is 535. The van der Waals surface area contributed by atoms with Gasteiger partial charge in [-0.2, -0.15) is 0 Å². The van der Waals surface area contributed by atoms with Gasteiger partial charge in [0.15, 0.2) is 18.1 Å². The molecule has 5 nitrogen and oxygen atoms in total. The van der Waals surface area contributed by atoms with Crippen LogP contribution in [0.15, 0.2) is 24.3 Å². The van der Waals surface area contributed by atoms with Gasteiger partial charge >= 0.3 is 0 Å². The Morgan fingerprint density at radius 1 is 1.04 bits per heavy atom. The van der Waals surface area contributed by atoms with E-state index in [9.17, 15) is 4.79 Å². The van der Waals surface area contributed by atoms with E-state index in [-0.39, 0.29) is 12.5 Å². The van der Waals surface area contributed by atoms with Crippen LogP contribution in [-0.2, 0) is 4.79 Å². The van der Waals surface area contributed by atoms with E-state index in [1.807, 2.05) is 29.2 Å². The first-order chi connectivity index (χ1) is 11.8. The number of piperazine rings is 1. The molecule has 0 bridgehead atoms. The van der Waals surface area contributed by atoms with Gasteiger partial charge < -0.3 is 14.4 Å². The zero-order chi connectivity index (χ0) is 16.8. The first kappa shape index (κ1) is 17.1. The summed E-state index contributed by atoms with van der Waals surface area (Å²) in [5.74, 6) is 1.34. The molecule has 132 valence electrons. The number of nitrogens with zero attached hydrogens (tertiary/aromatic N) is 2. The van der Waals surface area contributed by atoms with Gasteiger partial charge in [-0.25, -0.2) is 0 Å². The second-order valence-corrected chi connectivity index (χ2v) is 6.65. The number of ether oxygens (including phenoxy) is 2. The maximum Gasteiger partial charge on any atom is 0.260 e. The summed E-state index contributed by atoms with van der Waals surface area (Å²) in [5, 5.41) is 0. The van der Waals surface area contributed by atoms with Crippen molar-refractivity contribution >= 4 is 5.91 Å². The molecule has 2 fully saturated rings. The lowest BCUT2D eigenvalue weighted by atomic mass is 9.94. The highest BCUT2D eigenvalue weighted by molar-refractivity contribution is 5.78. The fraction of sp³-hybridized carbons (Fsp3) is 0.632. The molecule has 0 atom stereocenters. The molecule has 0 aromatic heterocycles. The zero-order valence-corrected chi connectivity index (χ0v) is 14.6. The second-order valence-electron chi connectivity index (χ2n) is 6.65. The van der Waals surface area contributed by atoms with Crippen molar-refractivity contribution in [3.8, 4) is 11.5 Å². The van der Waals surface area contributed by atoms with Crippen LogP contribution in [0.5, 0.6) is 11.5 Å². The van der Waals surface area contributed by atoms with Crippen molar-refractivity contribution in [2.24, 2.45) is 0 Å². The minimum absolute atomic E-state index is 0.0594. The van der Waals surface area contributed by atoms with Crippen molar-refractivity contribution in [1.29, 1.82) is 0 Å². The third kappa shape index (κ3) is 4.20. The van der Waals surface area contributed by atoms with Crippen LogP contribution in [0.3, 0.4) is 0 Å². The Morgan fingerprint density at radius 3 is 2.38 bits per heavy atom. The van der Waals surface area contributed by atoms with Gasteiger partial charge in [0.1, 0.15) is 0 Å². The fourth-order valence-corrected chi connectivity index (χ4v) is 3.75. The van der Waals surface area contributed by atoms with Gasteiger partial charge in [0.25, 0.3) is 5.91 Å². The Balaban J connectivity index is 1.45. The van der Waals surface area contributed by atoms with Crippen LogP contribution in [0.25, 0.3) is 0 Å². The molecule has 1 aliphatic carbocycles. The number of methoxy groups -OCH3 is 1. The van der Waals surface area contributed by atoms with Crippen molar-refractivity contribution in [1.82, 2.24) is 9.80 Å². The van der Waals surface area contributed by atoms with Crippen molar-refractivity contribution in [2.75, 3.05) is 39.9 Å². The summed E-state index contributed by atoms with van der Waals surface area (Å²) in [6.07, 6.45) is 6.75. The molecule has 1 aliphatic heterocycles. The van der Waals surface area contributed by atoms with E-state index in [2.05, 4.69) is 4.90 Å². The quantitative estimate of drug-likeness (QED) is 0.831. The highest BCUT2D eigenvalue weighted by atomic mass is 16.5. The predicted molar refractivity (Wildman–Crippen MR) is 93.5 cm³/mol. The molecule has 0 radical (unpaired) electrons. The summed E-state index contributed by atoms with van der Waals surface area (Å²) in [4.78, 5) is 16.9. The molecule has 24 heavy (non-hydrogen) atoms. The fourth-order valence-electron chi connectivity index (χ4n) is 3.75. The first-order valence-electron chi connectivity index (χ1n) is 9.05. The SMILES string of the molecule is COc1ccccc1OCC(=O)N1CCN(C2CCCCC2)CC1. The minimum atomic E-state index is 0.0594. The maximum absolute atomic E-state index is 12.4. The molecule has 1 amide bonds.